The van der Waals surface area contributed by atoms with Crippen molar-refractivity contribution in [1.82, 2.24) is 19.6 Å². The molecule has 3 aromatic heterocycles. The van der Waals surface area contributed by atoms with Crippen molar-refractivity contribution in [2.24, 2.45) is 0 Å². The second kappa shape index (κ2) is 3.41. The topological polar surface area (TPSA) is 56.2 Å². The molecule has 3 rings (SSSR count). The van der Waals surface area contributed by atoms with Gasteiger partial charge in [-0.2, -0.15) is 4.52 Å². The maximum atomic E-state index is 12.5. The lowest BCUT2D eigenvalue weighted by Gasteiger charge is -1.97. The largest absolute Gasteiger partial charge is 0.461 e. The molecule has 0 amide bonds. The maximum absolute atomic E-state index is 12.5. The Morgan fingerprint density at radius 2 is 2.31 bits per heavy atom. The van der Waals surface area contributed by atoms with Gasteiger partial charge in [0.15, 0.2) is 29.7 Å². The average molecular weight is 218 g/mol. The molecule has 0 aliphatic heterocycles. The molecule has 0 unspecified atom stereocenters. The molecular formula is C10H7FN4O. The minimum Gasteiger partial charge on any atom is -0.461 e. The van der Waals surface area contributed by atoms with Gasteiger partial charge in [-0.15, -0.1) is 5.10 Å². The molecule has 5 nitrogen and oxygen atoms in total. The highest BCUT2D eigenvalue weighted by Gasteiger charge is 2.11. The van der Waals surface area contributed by atoms with Gasteiger partial charge >= 0.3 is 0 Å². The summed E-state index contributed by atoms with van der Waals surface area (Å²) in [6, 6.07) is 5.18. The van der Waals surface area contributed by atoms with Crippen LogP contribution in [0, 0.1) is 0 Å². The van der Waals surface area contributed by atoms with Crippen LogP contribution in [-0.2, 0) is 6.67 Å². The lowest BCUT2D eigenvalue weighted by atomic mass is 10.4. The third kappa shape index (κ3) is 1.27. The SMILES string of the molecule is FCc1nc2ccnc(-c3ccco3)n2n1. The smallest absolute Gasteiger partial charge is 0.198 e. The monoisotopic (exact) mass is 218 g/mol. The van der Waals surface area contributed by atoms with Crippen LogP contribution in [-0.4, -0.2) is 19.6 Å². The van der Waals surface area contributed by atoms with Gasteiger partial charge in [-0.25, -0.2) is 14.4 Å². The molecule has 0 saturated heterocycles. The van der Waals surface area contributed by atoms with E-state index in [2.05, 4.69) is 15.1 Å². The van der Waals surface area contributed by atoms with Crippen LogP contribution in [0.5, 0.6) is 0 Å². The van der Waals surface area contributed by atoms with Crippen LogP contribution < -0.4 is 0 Å². The molecule has 0 radical (unpaired) electrons. The molecule has 0 aliphatic carbocycles. The van der Waals surface area contributed by atoms with E-state index in [0.29, 0.717) is 17.2 Å². The molecule has 0 bridgehead atoms. The van der Waals surface area contributed by atoms with E-state index in [1.807, 2.05) is 0 Å². The Morgan fingerprint density at radius 3 is 3.06 bits per heavy atom. The lowest BCUT2D eigenvalue weighted by molar-refractivity contribution is 0.465. The highest BCUT2D eigenvalue weighted by atomic mass is 19.1. The first kappa shape index (κ1) is 9.02. The number of aromatic nitrogens is 4. The van der Waals surface area contributed by atoms with Gasteiger partial charge in [-0.3, -0.25) is 0 Å². The van der Waals surface area contributed by atoms with Crippen molar-refractivity contribution in [3.05, 3.63) is 36.5 Å². The van der Waals surface area contributed by atoms with Crippen LogP contribution >= 0.6 is 0 Å². The first-order valence-electron chi connectivity index (χ1n) is 4.69. The zero-order chi connectivity index (χ0) is 11.0. The van der Waals surface area contributed by atoms with Gasteiger partial charge in [-0.1, -0.05) is 0 Å². The molecule has 0 saturated carbocycles. The standard InChI is InChI=1S/C10H7FN4O/c11-6-8-13-9-3-4-12-10(15(9)14-8)7-2-1-5-16-7/h1-5H,6H2. The van der Waals surface area contributed by atoms with Crippen molar-refractivity contribution < 1.29 is 8.81 Å². The second-order valence-corrected chi connectivity index (χ2v) is 3.18. The van der Waals surface area contributed by atoms with Gasteiger partial charge < -0.3 is 4.42 Å². The van der Waals surface area contributed by atoms with Crippen molar-refractivity contribution in [1.29, 1.82) is 0 Å². The summed E-state index contributed by atoms with van der Waals surface area (Å²) in [5, 5.41) is 4.00. The number of fused-ring (bicyclic) bond motifs is 1. The molecule has 0 spiro atoms. The molecule has 0 aliphatic rings. The van der Waals surface area contributed by atoms with E-state index in [4.69, 9.17) is 4.42 Å². The fraction of sp³-hybridized carbons (Fsp3) is 0.100. The Hall–Kier alpha value is -2.24. The van der Waals surface area contributed by atoms with E-state index < -0.39 is 6.67 Å². The molecule has 80 valence electrons. The molecule has 6 heteroatoms. The minimum atomic E-state index is -0.695. The Balaban J connectivity index is 2.28. The zero-order valence-corrected chi connectivity index (χ0v) is 8.17. The third-order valence-electron chi connectivity index (χ3n) is 2.16. The minimum absolute atomic E-state index is 0.140. The Labute approximate surface area is 89.6 Å². The van der Waals surface area contributed by atoms with Gasteiger partial charge in [0.1, 0.15) is 0 Å². The lowest BCUT2D eigenvalue weighted by Crippen LogP contribution is -1.96. The molecular weight excluding hydrogens is 211 g/mol. The number of alkyl halides is 1. The highest BCUT2D eigenvalue weighted by molar-refractivity contribution is 5.52. The van der Waals surface area contributed by atoms with Crippen LogP contribution in [0.25, 0.3) is 17.2 Å². The fourth-order valence-electron chi connectivity index (χ4n) is 1.49. The van der Waals surface area contributed by atoms with Crippen molar-refractivity contribution in [2.75, 3.05) is 0 Å². The summed E-state index contributed by atoms with van der Waals surface area (Å²) in [4.78, 5) is 8.14. The summed E-state index contributed by atoms with van der Waals surface area (Å²) in [6.45, 7) is -0.695. The first-order chi connectivity index (χ1) is 7.88. The van der Waals surface area contributed by atoms with Gasteiger partial charge in [0.2, 0.25) is 0 Å². The van der Waals surface area contributed by atoms with Crippen molar-refractivity contribution in [3.63, 3.8) is 0 Å². The fourth-order valence-corrected chi connectivity index (χ4v) is 1.49. The molecule has 0 fully saturated rings. The first-order valence-corrected chi connectivity index (χ1v) is 4.69. The normalized spacial score (nSPS) is 11.1. The van der Waals surface area contributed by atoms with Gasteiger partial charge in [0.05, 0.1) is 6.26 Å². The number of furan rings is 1. The van der Waals surface area contributed by atoms with E-state index in [-0.39, 0.29) is 5.82 Å². The van der Waals surface area contributed by atoms with Crippen molar-refractivity contribution in [2.45, 2.75) is 6.67 Å². The summed E-state index contributed by atoms with van der Waals surface area (Å²) in [5.41, 5.74) is 0.550. The summed E-state index contributed by atoms with van der Waals surface area (Å²) < 4.78 is 19.1. The summed E-state index contributed by atoms with van der Waals surface area (Å²) in [7, 11) is 0. The second-order valence-electron chi connectivity index (χ2n) is 3.18. The van der Waals surface area contributed by atoms with Crippen LogP contribution in [0.15, 0.2) is 35.1 Å². The quantitative estimate of drug-likeness (QED) is 0.658. The highest BCUT2D eigenvalue weighted by Crippen LogP contribution is 2.17. The van der Waals surface area contributed by atoms with E-state index in [0.717, 1.165) is 0 Å². The number of rotatable bonds is 2. The molecule has 0 atom stereocenters. The van der Waals surface area contributed by atoms with Crippen LogP contribution in [0.4, 0.5) is 4.39 Å². The number of hydrogen-bond donors (Lipinski definition) is 0. The maximum Gasteiger partial charge on any atom is 0.198 e. The Kier molecular flexibility index (Phi) is 1.92. The van der Waals surface area contributed by atoms with Gasteiger partial charge in [-0.05, 0) is 12.1 Å². The van der Waals surface area contributed by atoms with Gasteiger partial charge in [0.25, 0.3) is 0 Å². The van der Waals surface area contributed by atoms with Crippen LogP contribution in [0.1, 0.15) is 5.82 Å². The number of nitrogens with zero attached hydrogens (tertiary/aromatic N) is 4. The molecule has 3 aromatic rings. The third-order valence-corrected chi connectivity index (χ3v) is 2.16. The van der Waals surface area contributed by atoms with Crippen molar-refractivity contribution in [3.8, 4) is 11.6 Å². The van der Waals surface area contributed by atoms with E-state index in [1.165, 1.54) is 4.52 Å². The van der Waals surface area contributed by atoms with Crippen LogP contribution in [0.3, 0.4) is 0 Å². The number of halogens is 1. The average Bonchev–Trinajstić information content (AvgIpc) is 2.97. The Bertz CT molecular complexity index is 617. The van der Waals surface area contributed by atoms with Gasteiger partial charge in [0, 0.05) is 12.3 Å². The van der Waals surface area contributed by atoms with E-state index in [1.54, 1.807) is 30.7 Å². The predicted octanol–water partition coefficient (Wildman–Crippen LogP) is 1.85. The van der Waals surface area contributed by atoms with E-state index in [9.17, 15) is 4.39 Å². The number of hydrogen-bond acceptors (Lipinski definition) is 4. The Morgan fingerprint density at radius 1 is 1.38 bits per heavy atom. The zero-order valence-electron chi connectivity index (χ0n) is 8.17. The molecule has 0 N–H and O–H groups in total. The summed E-state index contributed by atoms with van der Waals surface area (Å²) in [5.74, 6) is 1.22. The van der Waals surface area contributed by atoms with Crippen molar-refractivity contribution >= 4 is 5.65 Å². The molecule has 3 heterocycles. The summed E-state index contributed by atoms with van der Waals surface area (Å²) >= 11 is 0. The molecule has 16 heavy (non-hydrogen) atoms. The van der Waals surface area contributed by atoms with E-state index >= 15 is 0 Å². The summed E-state index contributed by atoms with van der Waals surface area (Å²) in [6.07, 6.45) is 3.13. The predicted molar refractivity (Wildman–Crippen MR) is 53.3 cm³/mol. The molecule has 0 aromatic carbocycles. The van der Waals surface area contributed by atoms with Crippen LogP contribution in [0.2, 0.25) is 0 Å².